The molecule has 1 aliphatic rings. The fourth-order valence-corrected chi connectivity index (χ4v) is 3.37. The fraction of sp³-hybridized carbons (Fsp3) is 0.364. The van der Waals surface area contributed by atoms with Crippen LogP contribution in [0.15, 0.2) is 36.7 Å². The number of nitrogens with zero attached hydrogens (tertiary/aromatic N) is 5. The summed E-state index contributed by atoms with van der Waals surface area (Å²) in [6.45, 7) is 2.45. The Balaban J connectivity index is 1.47. The van der Waals surface area contributed by atoms with Crippen LogP contribution < -0.4 is 4.74 Å². The molecule has 0 aliphatic heterocycles. The summed E-state index contributed by atoms with van der Waals surface area (Å²) in [6, 6.07) is 6.76. The quantitative estimate of drug-likeness (QED) is 0.533. The molecule has 1 amide bonds. The second kappa shape index (κ2) is 8.61. The number of halogens is 1. The molecule has 0 saturated heterocycles. The van der Waals surface area contributed by atoms with Crippen LogP contribution in [-0.4, -0.2) is 37.4 Å². The summed E-state index contributed by atoms with van der Waals surface area (Å²) in [5.41, 5.74) is 3.52. The van der Waals surface area contributed by atoms with Crippen LogP contribution in [0, 0.1) is 12.7 Å². The lowest BCUT2D eigenvalue weighted by Gasteiger charge is -2.27. The van der Waals surface area contributed by atoms with Gasteiger partial charge in [0.1, 0.15) is 17.6 Å². The Morgan fingerprint density at radius 1 is 1.27 bits per heavy atom. The van der Waals surface area contributed by atoms with E-state index in [4.69, 9.17) is 4.74 Å². The van der Waals surface area contributed by atoms with Crippen molar-refractivity contribution in [3.8, 4) is 17.1 Å². The molecule has 1 aliphatic carbocycles. The van der Waals surface area contributed by atoms with Crippen molar-refractivity contribution in [1.29, 1.82) is 0 Å². The van der Waals surface area contributed by atoms with Crippen molar-refractivity contribution in [3.05, 3.63) is 59.2 Å². The van der Waals surface area contributed by atoms with Gasteiger partial charge in [0.05, 0.1) is 6.20 Å². The van der Waals surface area contributed by atoms with Crippen LogP contribution in [0.1, 0.15) is 36.0 Å². The normalized spacial score (nSPS) is 13.7. The smallest absolute Gasteiger partial charge is 0.216 e. The van der Waals surface area contributed by atoms with Crippen LogP contribution in [0.2, 0.25) is 0 Å². The molecule has 8 heteroatoms. The lowest BCUT2D eigenvalue weighted by Crippen LogP contribution is -2.26. The van der Waals surface area contributed by atoms with E-state index in [1.807, 2.05) is 13.0 Å². The van der Waals surface area contributed by atoms with Crippen molar-refractivity contribution in [2.45, 2.75) is 45.4 Å². The van der Waals surface area contributed by atoms with Gasteiger partial charge in [0.25, 0.3) is 0 Å². The Labute approximate surface area is 174 Å². The SMILES string of the molecule is Cc1c(CN(C=O)Cc2ccc(-c3cn(C)nn3)cc2F)ccnc1OC1CCC1. The molecular weight excluding hydrogens is 385 g/mol. The molecule has 0 bridgehead atoms. The third kappa shape index (κ3) is 4.32. The highest BCUT2D eigenvalue weighted by Crippen LogP contribution is 2.28. The zero-order valence-electron chi connectivity index (χ0n) is 17.1. The third-order valence-corrected chi connectivity index (χ3v) is 5.45. The number of amides is 1. The molecule has 30 heavy (non-hydrogen) atoms. The van der Waals surface area contributed by atoms with E-state index < -0.39 is 0 Å². The maximum atomic E-state index is 14.7. The number of rotatable bonds is 8. The Hall–Kier alpha value is -3.29. The fourth-order valence-electron chi connectivity index (χ4n) is 3.37. The van der Waals surface area contributed by atoms with Crippen LogP contribution in [0.5, 0.6) is 5.88 Å². The second-order valence-corrected chi connectivity index (χ2v) is 7.67. The Morgan fingerprint density at radius 3 is 2.70 bits per heavy atom. The molecule has 2 aromatic heterocycles. The molecule has 0 atom stereocenters. The molecular formula is C22H24FN5O2. The van der Waals surface area contributed by atoms with E-state index >= 15 is 0 Å². The minimum absolute atomic E-state index is 0.163. The van der Waals surface area contributed by atoms with Crippen molar-refractivity contribution in [1.82, 2.24) is 24.9 Å². The molecule has 1 fully saturated rings. The van der Waals surface area contributed by atoms with E-state index in [0.717, 1.165) is 30.4 Å². The average Bonchev–Trinajstić information content (AvgIpc) is 3.14. The third-order valence-electron chi connectivity index (χ3n) is 5.45. The topological polar surface area (TPSA) is 73.1 Å². The van der Waals surface area contributed by atoms with Gasteiger partial charge in [-0.25, -0.2) is 9.37 Å². The Bertz CT molecular complexity index is 1050. The molecule has 0 radical (unpaired) electrons. The van der Waals surface area contributed by atoms with Gasteiger partial charge in [0.2, 0.25) is 12.3 Å². The van der Waals surface area contributed by atoms with E-state index in [1.54, 1.807) is 36.3 Å². The van der Waals surface area contributed by atoms with Crippen LogP contribution in [0.25, 0.3) is 11.3 Å². The second-order valence-electron chi connectivity index (χ2n) is 7.67. The summed E-state index contributed by atoms with van der Waals surface area (Å²) in [6.07, 6.45) is 7.67. The predicted molar refractivity (Wildman–Crippen MR) is 109 cm³/mol. The molecule has 1 aromatic carbocycles. The Morgan fingerprint density at radius 2 is 2.07 bits per heavy atom. The average molecular weight is 409 g/mol. The first-order valence-electron chi connectivity index (χ1n) is 9.99. The highest BCUT2D eigenvalue weighted by molar-refractivity contribution is 5.58. The highest BCUT2D eigenvalue weighted by atomic mass is 19.1. The van der Waals surface area contributed by atoms with Crippen molar-refractivity contribution < 1.29 is 13.9 Å². The Kier molecular flexibility index (Phi) is 5.74. The first-order chi connectivity index (χ1) is 14.5. The van der Waals surface area contributed by atoms with Crippen molar-refractivity contribution in [2.24, 2.45) is 7.05 Å². The van der Waals surface area contributed by atoms with Gasteiger partial charge in [-0.2, -0.15) is 0 Å². The molecule has 3 aromatic rings. The van der Waals surface area contributed by atoms with Gasteiger partial charge in [-0.1, -0.05) is 17.3 Å². The van der Waals surface area contributed by atoms with Crippen molar-refractivity contribution in [2.75, 3.05) is 0 Å². The number of ether oxygens (including phenoxy) is 1. The van der Waals surface area contributed by atoms with Crippen LogP contribution in [-0.2, 0) is 24.9 Å². The van der Waals surface area contributed by atoms with Gasteiger partial charge >= 0.3 is 0 Å². The van der Waals surface area contributed by atoms with Gasteiger partial charge in [-0.3, -0.25) is 9.48 Å². The van der Waals surface area contributed by atoms with Crippen LogP contribution in [0.4, 0.5) is 4.39 Å². The van der Waals surface area contributed by atoms with Gasteiger partial charge in [-0.15, -0.1) is 5.10 Å². The predicted octanol–water partition coefficient (Wildman–Crippen LogP) is 3.41. The maximum absolute atomic E-state index is 14.7. The number of aryl methyl sites for hydroxylation is 1. The van der Waals surface area contributed by atoms with E-state index in [1.165, 1.54) is 17.4 Å². The molecule has 0 N–H and O–H groups in total. The summed E-state index contributed by atoms with van der Waals surface area (Å²) in [5.74, 6) is 0.230. The van der Waals surface area contributed by atoms with E-state index in [0.29, 0.717) is 29.2 Å². The summed E-state index contributed by atoms with van der Waals surface area (Å²) >= 11 is 0. The highest BCUT2D eigenvalue weighted by Gasteiger charge is 2.21. The number of hydrogen-bond acceptors (Lipinski definition) is 5. The molecule has 0 unspecified atom stereocenters. The molecule has 1 saturated carbocycles. The summed E-state index contributed by atoms with van der Waals surface area (Å²) < 4.78 is 22.2. The standard InChI is InChI=1S/C22H24FN5O2/c1-15-17(8-9-24-22(15)30-19-4-3-5-19)11-28(14-29)12-18-7-6-16(10-20(18)23)21-13-27(2)26-25-21/h6-10,13-14,19H,3-5,11-12H2,1-2H3. The largest absolute Gasteiger partial charge is 0.474 e. The molecule has 0 spiro atoms. The summed E-state index contributed by atoms with van der Waals surface area (Å²) in [4.78, 5) is 17.5. The lowest BCUT2D eigenvalue weighted by molar-refractivity contribution is -0.119. The monoisotopic (exact) mass is 409 g/mol. The minimum Gasteiger partial charge on any atom is -0.474 e. The molecule has 4 rings (SSSR count). The summed E-state index contributed by atoms with van der Waals surface area (Å²) in [7, 11) is 1.76. The van der Waals surface area contributed by atoms with Crippen molar-refractivity contribution in [3.63, 3.8) is 0 Å². The summed E-state index contributed by atoms with van der Waals surface area (Å²) in [5, 5.41) is 7.87. The van der Waals surface area contributed by atoms with E-state index in [-0.39, 0.29) is 18.5 Å². The first kappa shape index (κ1) is 20.0. The van der Waals surface area contributed by atoms with Gasteiger partial charge in [0, 0.05) is 43.0 Å². The van der Waals surface area contributed by atoms with E-state index in [2.05, 4.69) is 15.3 Å². The zero-order chi connectivity index (χ0) is 21.1. The number of aromatic nitrogens is 4. The van der Waals surface area contributed by atoms with Crippen LogP contribution >= 0.6 is 0 Å². The number of pyridine rings is 1. The number of carbonyl (C=O) groups excluding carboxylic acids is 1. The molecule has 7 nitrogen and oxygen atoms in total. The lowest BCUT2D eigenvalue weighted by atomic mass is 9.96. The van der Waals surface area contributed by atoms with Gasteiger partial charge < -0.3 is 9.64 Å². The number of benzene rings is 1. The maximum Gasteiger partial charge on any atom is 0.216 e. The minimum atomic E-state index is -0.384. The molecule has 2 heterocycles. The van der Waals surface area contributed by atoms with E-state index in [9.17, 15) is 9.18 Å². The van der Waals surface area contributed by atoms with Crippen LogP contribution in [0.3, 0.4) is 0 Å². The van der Waals surface area contributed by atoms with Gasteiger partial charge in [-0.05, 0) is 43.9 Å². The van der Waals surface area contributed by atoms with Crippen molar-refractivity contribution >= 4 is 6.41 Å². The zero-order valence-corrected chi connectivity index (χ0v) is 17.1. The first-order valence-corrected chi connectivity index (χ1v) is 9.99. The molecule has 156 valence electrons. The number of carbonyl (C=O) groups is 1. The number of hydrogen-bond donors (Lipinski definition) is 0. The van der Waals surface area contributed by atoms with Gasteiger partial charge in [0.15, 0.2) is 0 Å².